The molecule has 2 heterocycles. The largest absolute Gasteiger partial charge is 0.448 e. The molecule has 9 nitrogen and oxygen atoms in total. The molecule has 2 amide bonds. The van der Waals surface area contributed by atoms with E-state index in [1.54, 1.807) is 0 Å². The number of benzene rings is 1. The van der Waals surface area contributed by atoms with Crippen molar-refractivity contribution >= 4 is 39.0 Å². The molecule has 0 unspecified atom stereocenters. The Bertz CT molecular complexity index is 960. The van der Waals surface area contributed by atoms with Gasteiger partial charge >= 0.3 is 5.97 Å². The lowest BCUT2D eigenvalue weighted by Crippen LogP contribution is -2.42. The van der Waals surface area contributed by atoms with E-state index in [1.807, 2.05) is 0 Å². The zero-order valence-corrected chi connectivity index (χ0v) is 16.4. The fraction of sp³-hybridized carbons (Fsp3) is 0.444. The van der Waals surface area contributed by atoms with Crippen LogP contribution in [-0.2, 0) is 29.0 Å². The van der Waals surface area contributed by atoms with Crippen LogP contribution in [0, 0.1) is 5.82 Å². The van der Waals surface area contributed by atoms with Crippen molar-refractivity contribution in [3.8, 4) is 0 Å². The standard InChI is InChI=1S/C18H20FN3O6S/c1-11(17(24)20-13-4-2-12(19)3-5-13)28-18(25)15-6-7-16(23)22(21-15)14-8-9-29(26,27)10-14/h2-5,11,14H,6-10H2,1H3,(H,20,24)/t11-,14+/m0/s1. The van der Waals surface area contributed by atoms with Gasteiger partial charge in [0.1, 0.15) is 11.5 Å². The summed E-state index contributed by atoms with van der Waals surface area (Å²) in [6.07, 6.45) is -0.857. The van der Waals surface area contributed by atoms with Crippen LogP contribution in [0.2, 0.25) is 0 Å². The van der Waals surface area contributed by atoms with Gasteiger partial charge in [-0.15, -0.1) is 0 Å². The predicted molar refractivity (Wildman–Crippen MR) is 101 cm³/mol. The van der Waals surface area contributed by atoms with E-state index < -0.39 is 39.7 Å². The van der Waals surface area contributed by atoms with Gasteiger partial charge in [-0.3, -0.25) is 9.59 Å². The van der Waals surface area contributed by atoms with Crippen molar-refractivity contribution in [2.24, 2.45) is 5.10 Å². The fourth-order valence-electron chi connectivity index (χ4n) is 3.03. The highest BCUT2D eigenvalue weighted by molar-refractivity contribution is 7.91. The number of hydrazone groups is 1. The molecule has 11 heteroatoms. The van der Waals surface area contributed by atoms with E-state index in [1.165, 1.54) is 31.2 Å². The molecule has 2 aliphatic rings. The Morgan fingerprint density at radius 2 is 1.97 bits per heavy atom. The summed E-state index contributed by atoms with van der Waals surface area (Å²) in [4.78, 5) is 36.6. The van der Waals surface area contributed by atoms with E-state index in [9.17, 15) is 27.2 Å². The van der Waals surface area contributed by atoms with E-state index in [0.717, 1.165) is 5.01 Å². The first-order chi connectivity index (χ1) is 13.6. The van der Waals surface area contributed by atoms with Gasteiger partial charge in [0.25, 0.3) is 5.91 Å². The summed E-state index contributed by atoms with van der Waals surface area (Å²) >= 11 is 0. The van der Waals surface area contributed by atoms with Crippen LogP contribution in [0.4, 0.5) is 10.1 Å². The van der Waals surface area contributed by atoms with Gasteiger partial charge in [-0.1, -0.05) is 0 Å². The topological polar surface area (TPSA) is 122 Å². The van der Waals surface area contributed by atoms with Crippen LogP contribution in [0.1, 0.15) is 26.2 Å². The van der Waals surface area contributed by atoms with E-state index in [2.05, 4.69) is 10.4 Å². The summed E-state index contributed by atoms with van der Waals surface area (Å²) in [5.74, 6) is -2.50. The predicted octanol–water partition coefficient (Wildman–Crippen LogP) is 0.861. The van der Waals surface area contributed by atoms with Crippen molar-refractivity contribution < 1.29 is 31.9 Å². The van der Waals surface area contributed by atoms with Crippen molar-refractivity contribution in [3.63, 3.8) is 0 Å². The maximum Gasteiger partial charge on any atom is 0.355 e. The van der Waals surface area contributed by atoms with Crippen molar-refractivity contribution in [2.45, 2.75) is 38.3 Å². The number of carbonyl (C=O) groups excluding carboxylic acids is 3. The molecule has 1 aromatic rings. The highest BCUT2D eigenvalue weighted by Gasteiger charge is 2.37. The number of carbonyl (C=O) groups is 3. The third kappa shape index (κ3) is 5.17. The van der Waals surface area contributed by atoms with Crippen LogP contribution in [0.3, 0.4) is 0 Å². The molecule has 1 saturated heterocycles. The first-order valence-corrected chi connectivity index (χ1v) is 10.8. The summed E-state index contributed by atoms with van der Waals surface area (Å²) in [5, 5.41) is 7.55. The van der Waals surface area contributed by atoms with Crippen LogP contribution in [0.25, 0.3) is 0 Å². The molecule has 3 rings (SSSR count). The first kappa shape index (κ1) is 20.9. The number of rotatable bonds is 5. The Labute approximate surface area is 166 Å². The second kappa shape index (κ2) is 8.27. The van der Waals surface area contributed by atoms with Gasteiger partial charge in [-0.2, -0.15) is 5.10 Å². The Morgan fingerprint density at radius 1 is 1.28 bits per heavy atom. The van der Waals surface area contributed by atoms with Crippen molar-refractivity contribution in [1.29, 1.82) is 0 Å². The maximum absolute atomic E-state index is 12.9. The molecule has 1 fully saturated rings. The van der Waals surface area contributed by atoms with Crippen LogP contribution in [0.5, 0.6) is 0 Å². The van der Waals surface area contributed by atoms with Gasteiger partial charge in [-0.05, 0) is 37.6 Å². The molecule has 0 aromatic heterocycles. The summed E-state index contributed by atoms with van der Waals surface area (Å²) in [5.41, 5.74) is 0.295. The normalized spacial score (nSPS) is 22.0. The van der Waals surface area contributed by atoms with Gasteiger partial charge in [0.2, 0.25) is 5.91 Å². The summed E-state index contributed by atoms with van der Waals surface area (Å²) in [6, 6.07) is 4.49. The number of anilines is 1. The van der Waals surface area contributed by atoms with Gasteiger partial charge in [0.15, 0.2) is 15.9 Å². The van der Waals surface area contributed by atoms with Gasteiger partial charge < -0.3 is 10.1 Å². The fourth-order valence-corrected chi connectivity index (χ4v) is 4.72. The van der Waals surface area contributed by atoms with Crippen molar-refractivity contribution in [2.75, 3.05) is 16.8 Å². The molecule has 2 aliphatic heterocycles. The molecule has 2 atom stereocenters. The number of sulfone groups is 1. The number of nitrogens with one attached hydrogen (secondary N) is 1. The van der Waals surface area contributed by atoms with E-state index in [0.29, 0.717) is 5.69 Å². The third-order valence-electron chi connectivity index (χ3n) is 4.61. The molecule has 0 spiro atoms. The number of hydrogen-bond acceptors (Lipinski definition) is 7. The molecule has 0 bridgehead atoms. The zero-order valence-electron chi connectivity index (χ0n) is 15.6. The first-order valence-electron chi connectivity index (χ1n) is 9.02. The molecule has 29 heavy (non-hydrogen) atoms. The minimum absolute atomic E-state index is 0.000633. The molecular formula is C18H20FN3O6S. The molecule has 156 valence electrons. The van der Waals surface area contributed by atoms with E-state index in [-0.39, 0.29) is 42.4 Å². The number of hydrogen-bond donors (Lipinski definition) is 1. The van der Waals surface area contributed by atoms with Crippen LogP contribution in [0.15, 0.2) is 29.4 Å². The lowest BCUT2D eigenvalue weighted by Gasteiger charge is -2.27. The smallest absolute Gasteiger partial charge is 0.355 e. The molecule has 1 N–H and O–H groups in total. The highest BCUT2D eigenvalue weighted by atomic mass is 32.2. The lowest BCUT2D eigenvalue weighted by molar-refractivity contribution is -0.147. The zero-order chi connectivity index (χ0) is 21.2. The monoisotopic (exact) mass is 425 g/mol. The Balaban J connectivity index is 1.62. The van der Waals surface area contributed by atoms with Gasteiger partial charge in [-0.25, -0.2) is 22.6 Å². The van der Waals surface area contributed by atoms with Crippen molar-refractivity contribution in [1.82, 2.24) is 5.01 Å². The average Bonchev–Trinajstić information content (AvgIpc) is 3.03. The molecule has 0 saturated carbocycles. The number of nitrogens with zero attached hydrogens (tertiary/aromatic N) is 2. The quantitative estimate of drug-likeness (QED) is 0.699. The molecule has 0 radical (unpaired) electrons. The lowest BCUT2D eigenvalue weighted by atomic mass is 10.1. The van der Waals surface area contributed by atoms with E-state index >= 15 is 0 Å². The number of amides is 2. The Morgan fingerprint density at radius 3 is 2.59 bits per heavy atom. The third-order valence-corrected chi connectivity index (χ3v) is 6.36. The molecular weight excluding hydrogens is 405 g/mol. The second-order valence-electron chi connectivity index (χ2n) is 6.89. The van der Waals surface area contributed by atoms with Crippen LogP contribution < -0.4 is 5.32 Å². The summed E-state index contributed by atoms with van der Waals surface area (Å²) in [7, 11) is -3.22. The van der Waals surface area contributed by atoms with E-state index in [4.69, 9.17) is 4.74 Å². The minimum atomic E-state index is -3.22. The Kier molecular flexibility index (Phi) is 5.96. The average molecular weight is 425 g/mol. The van der Waals surface area contributed by atoms with Gasteiger partial charge in [0.05, 0.1) is 17.5 Å². The van der Waals surface area contributed by atoms with Crippen LogP contribution in [-0.4, -0.2) is 60.6 Å². The number of halogens is 1. The van der Waals surface area contributed by atoms with Crippen molar-refractivity contribution in [3.05, 3.63) is 30.1 Å². The number of esters is 1. The highest BCUT2D eigenvalue weighted by Crippen LogP contribution is 2.22. The molecule has 0 aliphatic carbocycles. The second-order valence-corrected chi connectivity index (χ2v) is 9.11. The Hall–Kier alpha value is -2.82. The SMILES string of the molecule is C[C@H](OC(=O)C1=NN([C@@H]2CCS(=O)(=O)C2)C(=O)CC1)C(=O)Nc1ccc(F)cc1. The van der Waals surface area contributed by atoms with Crippen LogP contribution >= 0.6 is 0 Å². The summed E-state index contributed by atoms with van der Waals surface area (Å²) in [6.45, 7) is 1.37. The summed E-state index contributed by atoms with van der Waals surface area (Å²) < 4.78 is 41.3. The number of ether oxygens (including phenoxy) is 1. The minimum Gasteiger partial charge on any atom is -0.448 e. The molecule has 1 aromatic carbocycles. The van der Waals surface area contributed by atoms with Gasteiger partial charge in [0, 0.05) is 18.5 Å². The maximum atomic E-state index is 12.9.